The molecule has 1 fully saturated rings. The number of anilines is 1. The number of nitrogens with zero attached hydrogens (tertiary/aromatic N) is 1. The first-order valence-corrected chi connectivity index (χ1v) is 10.7. The monoisotopic (exact) mass is 446 g/mol. The van der Waals surface area contributed by atoms with Gasteiger partial charge in [0.15, 0.2) is 0 Å². The maximum atomic E-state index is 11.0. The molecular formula is C26H26N2O5. The molecule has 0 bridgehead atoms. The summed E-state index contributed by atoms with van der Waals surface area (Å²) in [6.45, 7) is 0.673. The van der Waals surface area contributed by atoms with Crippen molar-refractivity contribution in [3.63, 3.8) is 0 Å². The Bertz CT molecular complexity index is 1110. The standard InChI is InChI=1S/C26H26N2O5/c1-31-28-25(19-4-8-20(27)9-5-19)16-33-21-10-2-17(3-11-21)15-32-22-12-6-18(7-13-22)23-14-24(23)26(29)30/h2-13,23-24H,14-16,27H2,1H3,(H,29,30)/b28-25+/t23-,24-/m1/s1. The van der Waals surface area contributed by atoms with Crippen LogP contribution in [0, 0.1) is 5.92 Å². The number of hydrogen-bond acceptors (Lipinski definition) is 6. The molecule has 7 nitrogen and oxygen atoms in total. The number of rotatable bonds is 10. The fraction of sp³-hybridized carbons (Fsp3) is 0.231. The molecule has 0 saturated heterocycles. The highest BCUT2D eigenvalue weighted by atomic mass is 16.6. The number of nitrogens with two attached hydrogens (primary N) is 1. The quantitative estimate of drug-likeness (QED) is 0.271. The molecule has 7 heteroatoms. The topological polar surface area (TPSA) is 103 Å². The zero-order valence-electron chi connectivity index (χ0n) is 18.3. The number of nitrogen functional groups attached to an aromatic ring is 1. The summed E-state index contributed by atoms with van der Waals surface area (Å²) in [4.78, 5) is 16.0. The van der Waals surface area contributed by atoms with E-state index in [2.05, 4.69) is 5.16 Å². The van der Waals surface area contributed by atoms with Gasteiger partial charge in [-0.05, 0) is 59.9 Å². The summed E-state index contributed by atoms with van der Waals surface area (Å²) >= 11 is 0. The van der Waals surface area contributed by atoms with E-state index in [0.717, 1.165) is 22.4 Å². The molecule has 0 unspecified atom stereocenters. The number of hydrogen-bond donors (Lipinski definition) is 2. The van der Waals surface area contributed by atoms with Crippen LogP contribution < -0.4 is 15.2 Å². The van der Waals surface area contributed by atoms with Crippen LogP contribution in [-0.4, -0.2) is 30.5 Å². The van der Waals surface area contributed by atoms with E-state index in [1.165, 1.54) is 7.11 Å². The van der Waals surface area contributed by atoms with Gasteiger partial charge >= 0.3 is 5.97 Å². The Kier molecular flexibility index (Phi) is 6.78. The van der Waals surface area contributed by atoms with Gasteiger partial charge in [-0.25, -0.2) is 0 Å². The van der Waals surface area contributed by atoms with Gasteiger partial charge in [0.25, 0.3) is 0 Å². The summed E-state index contributed by atoms with van der Waals surface area (Å²) in [5.41, 5.74) is 10.0. The number of oxime groups is 1. The van der Waals surface area contributed by atoms with Gasteiger partial charge in [-0.1, -0.05) is 41.6 Å². The summed E-state index contributed by atoms with van der Waals surface area (Å²) in [5, 5.41) is 13.1. The van der Waals surface area contributed by atoms with E-state index in [0.29, 0.717) is 30.2 Å². The lowest BCUT2D eigenvalue weighted by atomic mass is 10.1. The predicted octanol–water partition coefficient (Wildman–Crippen LogP) is 4.47. The lowest BCUT2D eigenvalue weighted by molar-refractivity contribution is -0.138. The molecule has 33 heavy (non-hydrogen) atoms. The highest BCUT2D eigenvalue weighted by Crippen LogP contribution is 2.47. The number of benzene rings is 3. The zero-order chi connectivity index (χ0) is 23.2. The lowest BCUT2D eigenvalue weighted by Gasteiger charge is -2.11. The zero-order valence-corrected chi connectivity index (χ0v) is 18.3. The van der Waals surface area contributed by atoms with Gasteiger partial charge in [0.2, 0.25) is 0 Å². The van der Waals surface area contributed by atoms with E-state index in [-0.39, 0.29) is 18.4 Å². The van der Waals surface area contributed by atoms with E-state index >= 15 is 0 Å². The van der Waals surface area contributed by atoms with Crippen LogP contribution in [0.4, 0.5) is 5.69 Å². The van der Waals surface area contributed by atoms with E-state index in [4.69, 9.17) is 25.2 Å². The molecule has 170 valence electrons. The molecule has 0 spiro atoms. The summed E-state index contributed by atoms with van der Waals surface area (Å²) in [5.74, 6) is 0.606. The van der Waals surface area contributed by atoms with Crippen LogP contribution in [0.25, 0.3) is 0 Å². The van der Waals surface area contributed by atoms with Crippen molar-refractivity contribution in [2.24, 2.45) is 11.1 Å². The van der Waals surface area contributed by atoms with Crippen molar-refractivity contribution in [1.29, 1.82) is 0 Å². The average Bonchev–Trinajstić information content (AvgIpc) is 3.64. The second-order valence-electron chi connectivity index (χ2n) is 7.92. The van der Waals surface area contributed by atoms with Gasteiger partial charge in [-0.2, -0.15) is 0 Å². The van der Waals surface area contributed by atoms with Crippen molar-refractivity contribution in [3.05, 3.63) is 89.5 Å². The van der Waals surface area contributed by atoms with Crippen molar-refractivity contribution in [3.8, 4) is 11.5 Å². The Morgan fingerprint density at radius 1 is 0.970 bits per heavy atom. The van der Waals surface area contributed by atoms with Crippen molar-refractivity contribution in [2.75, 3.05) is 19.5 Å². The van der Waals surface area contributed by atoms with Crippen molar-refractivity contribution in [2.45, 2.75) is 18.9 Å². The fourth-order valence-corrected chi connectivity index (χ4v) is 3.60. The smallest absolute Gasteiger partial charge is 0.307 e. The Labute approximate surface area is 192 Å². The van der Waals surface area contributed by atoms with E-state index in [1.807, 2.05) is 72.8 Å². The summed E-state index contributed by atoms with van der Waals surface area (Å²) in [7, 11) is 1.50. The molecule has 0 radical (unpaired) electrons. The van der Waals surface area contributed by atoms with Gasteiger partial charge in [0.1, 0.15) is 37.5 Å². The number of carboxylic acid groups (broad SMARTS) is 1. The number of aliphatic carboxylic acids is 1. The first kappa shape index (κ1) is 22.2. The van der Waals surface area contributed by atoms with Gasteiger partial charge < -0.3 is 25.2 Å². The Morgan fingerprint density at radius 3 is 2.21 bits per heavy atom. The molecule has 4 rings (SSSR count). The van der Waals surface area contributed by atoms with Crippen LogP contribution >= 0.6 is 0 Å². The normalized spacial score (nSPS) is 17.3. The van der Waals surface area contributed by atoms with Crippen molar-refractivity contribution in [1.82, 2.24) is 0 Å². The second-order valence-corrected chi connectivity index (χ2v) is 7.92. The van der Waals surface area contributed by atoms with Crippen molar-refractivity contribution >= 4 is 17.4 Å². The largest absolute Gasteiger partial charge is 0.489 e. The first-order valence-electron chi connectivity index (χ1n) is 10.7. The van der Waals surface area contributed by atoms with Crippen LogP contribution in [0.3, 0.4) is 0 Å². The number of carboxylic acids is 1. The maximum Gasteiger partial charge on any atom is 0.307 e. The third-order valence-electron chi connectivity index (χ3n) is 5.57. The van der Waals surface area contributed by atoms with Crippen LogP contribution in [-0.2, 0) is 16.2 Å². The highest BCUT2D eigenvalue weighted by molar-refractivity contribution is 6.01. The molecule has 1 saturated carbocycles. The lowest BCUT2D eigenvalue weighted by Crippen LogP contribution is -2.13. The molecule has 2 atom stereocenters. The SMILES string of the molecule is CO/N=C(\COc1ccc(COc2ccc([C@H]3C[C@H]3C(=O)O)cc2)cc1)c1ccc(N)cc1. The van der Waals surface area contributed by atoms with Gasteiger partial charge in [0.05, 0.1) is 5.92 Å². The first-order chi connectivity index (χ1) is 16.0. The highest BCUT2D eigenvalue weighted by Gasteiger charge is 2.44. The number of carbonyl (C=O) groups is 1. The Hall–Kier alpha value is -4.00. The molecule has 0 heterocycles. The fourth-order valence-electron chi connectivity index (χ4n) is 3.60. The van der Waals surface area contributed by atoms with Crippen molar-refractivity contribution < 1.29 is 24.2 Å². The second kappa shape index (κ2) is 10.1. The molecular weight excluding hydrogens is 420 g/mol. The summed E-state index contributed by atoms with van der Waals surface area (Å²) < 4.78 is 11.7. The third kappa shape index (κ3) is 5.83. The molecule has 3 aromatic rings. The molecule has 3 aromatic carbocycles. The third-order valence-corrected chi connectivity index (χ3v) is 5.57. The molecule has 1 aliphatic rings. The molecule has 3 N–H and O–H groups in total. The maximum absolute atomic E-state index is 11.0. The summed E-state index contributed by atoms with van der Waals surface area (Å²) in [6.07, 6.45) is 0.711. The van der Waals surface area contributed by atoms with Crippen LogP contribution in [0.2, 0.25) is 0 Å². The predicted molar refractivity (Wildman–Crippen MR) is 126 cm³/mol. The van der Waals surface area contributed by atoms with E-state index < -0.39 is 5.97 Å². The van der Waals surface area contributed by atoms with E-state index in [9.17, 15) is 4.79 Å². The van der Waals surface area contributed by atoms with Gasteiger partial charge in [0, 0.05) is 11.3 Å². The van der Waals surface area contributed by atoms with E-state index in [1.54, 1.807) is 0 Å². The van der Waals surface area contributed by atoms with Crippen LogP contribution in [0.15, 0.2) is 78.0 Å². The molecule has 1 aliphatic carbocycles. The van der Waals surface area contributed by atoms with Gasteiger partial charge in [-0.3, -0.25) is 4.79 Å². The van der Waals surface area contributed by atoms with Crippen LogP contribution in [0.1, 0.15) is 29.0 Å². The van der Waals surface area contributed by atoms with Crippen LogP contribution in [0.5, 0.6) is 11.5 Å². The molecule has 0 aromatic heterocycles. The number of ether oxygens (including phenoxy) is 2. The average molecular weight is 447 g/mol. The van der Waals surface area contributed by atoms with Gasteiger partial charge in [-0.15, -0.1) is 0 Å². The molecule has 0 amide bonds. The Balaban J connectivity index is 1.28. The summed E-state index contributed by atoms with van der Waals surface area (Å²) in [6, 6.07) is 22.7. The minimum absolute atomic E-state index is 0.124. The molecule has 0 aliphatic heterocycles. The Morgan fingerprint density at radius 2 is 1.61 bits per heavy atom. The minimum atomic E-state index is -0.722. The minimum Gasteiger partial charge on any atom is -0.489 e.